The van der Waals surface area contributed by atoms with Gasteiger partial charge in [-0.1, -0.05) is 17.7 Å². The summed E-state index contributed by atoms with van der Waals surface area (Å²) in [5.74, 6) is 1.15. The average Bonchev–Trinajstić information content (AvgIpc) is 2.97. The number of aromatic nitrogens is 1. The van der Waals surface area contributed by atoms with E-state index < -0.39 is 10.0 Å². The van der Waals surface area contributed by atoms with E-state index in [0.29, 0.717) is 22.4 Å². The maximum Gasteiger partial charge on any atom is 0.261 e. The molecule has 0 amide bonds. The number of rotatable bonds is 4. The molecule has 1 aromatic heterocycles. The Morgan fingerprint density at radius 3 is 2.38 bits per heavy atom. The van der Waals surface area contributed by atoms with Gasteiger partial charge in [-0.05, 0) is 48.9 Å². The molecule has 0 bridgehead atoms. The molecule has 0 spiro atoms. The number of sulfonamides is 1. The van der Waals surface area contributed by atoms with Gasteiger partial charge in [-0.3, -0.25) is 4.72 Å². The number of hydrogen-bond donors (Lipinski definition) is 1. The predicted octanol–water partition coefficient (Wildman–Crippen LogP) is 4.41. The first kappa shape index (κ1) is 16.5. The van der Waals surface area contributed by atoms with Gasteiger partial charge in [0.2, 0.25) is 0 Å². The standard InChI is InChI=1S/C17H15ClN2O3S/c1-11-3-6-14(9-16(11)18)20-24(21,22)15-7-4-13(5-8-15)17-10-19-12(2)23-17/h3-10,20H,1-2H3. The van der Waals surface area contributed by atoms with Crippen LogP contribution in [0.4, 0.5) is 5.69 Å². The van der Waals surface area contributed by atoms with Gasteiger partial charge in [-0.25, -0.2) is 13.4 Å². The van der Waals surface area contributed by atoms with Crippen molar-refractivity contribution in [2.24, 2.45) is 0 Å². The summed E-state index contributed by atoms with van der Waals surface area (Å²) in [7, 11) is -3.69. The Labute approximate surface area is 145 Å². The third-order valence-corrected chi connectivity index (χ3v) is 5.30. The fourth-order valence-corrected chi connectivity index (χ4v) is 3.39. The van der Waals surface area contributed by atoms with Crippen LogP contribution in [0.5, 0.6) is 0 Å². The van der Waals surface area contributed by atoms with Gasteiger partial charge in [0.25, 0.3) is 10.0 Å². The predicted molar refractivity (Wildman–Crippen MR) is 93.7 cm³/mol. The van der Waals surface area contributed by atoms with Gasteiger partial charge >= 0.3 is 0 Å². The summed E-state index contributed by atoms with van der Waals surface area (Å²) in [4.78, 5) is 4.18. The van der Waals surface area contributed by atoms with Crippen molar-refractivity contribution in [2.45, 2.75) is 18.7 Å². The van der Waals surface area contributed by atoms with Gasteiger partial charge in [0.1, 0.15) is 0 Å². The summed E-state index contributed by atoms with van der Waals surface area (Å²) in [6.45, 7) is 3.60. The molecule has 5 nitrogen and oxygen atoms in total. The number of anilines is 1. The topological polar surface area (TPSA) is 72.2 Å². The molecule has 2 aromatic carbocycles. The lowest BCUT2D eigenvalue weighted by Crippen LogP contribution is -2.12. The lowest BCUT2D eigenvalue weighted by Gasteiger charge is -2.09. The summed E-state index contributed by atoms with van der Waals surface area (Å²) >= 11 is 6.03. The molecule has 0 aliphatic rings. The number of hydrogen-bond acceptors (Lipinski definition) is 4. The minimum atomic E-state index is -3.69. The van der Waals surface area contributed by atoms with Gasteiger partial charge < -0.3 is 4.42 Å². The summed E-state index contributed by atoms with van der Waals surface area (Å²) in [5.41, 5.74) is 2.06. The van der Waals surface area contributed by atoms with E-state index in [2.05, 4.69) is 9.71 Å². The minimum absolute atomic E-state index is 0.152. The smallest absolute Gasteiger partial charge is 0.261 e. The molecule has 1 heterocycles. The van der Waals surface area contributed by atoms with Crippen molar-refractivity contribution in [1.29, 1.82) is 0 Å². The van der Waals surface area contributed by atoms with Crippen LogP contribution in [0.1, 0.15) is 11.5 Å². The second kappa shape index (κ2) is 6.30. The molecule has 0 aliphatic heterocycles. The lowest BCUT2D eigenvalue weighted by molar-refractivity contribution is 0.534. The summed E-state index contributed by atoms with van der Waals surface area (Å²) < 4.78 is 32.9. The van der Waals surface area contributed by atoms with Crippen molar-refractivity contribution < 1.29 is 12.8 Å². The Kier molecular flexibility index (Phi) is 4.34. The molecule has 0 aliphatic carbocycles. The monoisotopic (exact) mass is 362 g/mol. The number of nitrogens with zero attached hydrogens (tertiary/aromatic N) is 1. The Hall–Kier alpha value is -2.31. The van der Waals surface area contributed by atoms with Crippen LogP contribution in [0.3, 0.4) is 0 Å². The fraction of sp³-hybridized carbons (Fsp3) is 0.118. The molecule has 0 saturated heterocycles. The normalized spacial score (nSPS) is 11.5. The zero-order chi connectivity index (χ0) is 17.3. The number of halogens is 1. The van der Waals surface area contributed by atoms with E-state index in [-0.39, 0.29) is 4.90 Å². The molecular weight excluding hydrogens is 348 g/mol. The van der Waals surface area contributed by atoms with E-state index in [1.807, 2.05) is 6.92 Å². The quantitative estimate of drug-likeness (QED) is 0.746. The SMILES string of the molecule is Cc1ncc(-c2ccc(S(=O)(=O)Nc3ccc(C)c(Cl)c3)cc2)o1. The van der Waals surface area contributed by atoms with Crippen molar-refractivity contribution >= 4 is 27.3 Å². The van der Waals surface area contributed by atoms with Gasteiger partial charge in [0, 0.05) is 17.5 Å². The van der Waals surface area contributed by atoms with E-state index >= 15 is 0 Å². The van der Waals surface area contributed by atoms with Crippen LogP contribution in [-0.2, 0) is 10.0 Å². The Balaban J connectivity index is 1.85. The maximum absolute atomic E-state index is 12.5. The van der Waals surface area contributed by atoms with Gasteiger partial charge in [-0.2, -0.15) is 0 Å². The molecule has 0 fully saturated rings. The molecular formula is C17H15ClN2O3S. The first-order valence-electron chi connectivity index (χ1n) is 7.17. The van der Waals surface area contributed by atoms with Crippen molar-refractivity contribution in [3.8, 4) is 11.3 Å². The molecule has 0 saturated carbocycles. The molecule has 0 radical (unpaired) electrons. The Morgan fingerprint density at radius 1 is 1.08 bits per heavy atom. The zero-order valence-electron chi connectivity index (χ0n) is 13.1. The molecule has 0 atom stereocenters. The van der Waals surface area contributed by atoms with E-state index in [4.69, 9.17) is 16.0 Å². The minimum Gasteiger partial charge on any atom is -0.441 e. The van der Waals surface area contributed by atoms with E-state index in [1.165, 1.54) is 12.1 Å². The van der Waals surface area contributed by atoms with Crippen LogP contribution in [0.2, 0.25) is 5.02 Å². The van der Waals surface area contributed by atoms with Crippen LogP contribution in [0.15, 0.2) is 58.0 Å². The third kappa shape index (κ3) is 3.44. The lowest BCUT2D eigenvalue weighted by atomic mass is 10.2. The highest BCUT2D eigenvalue weighted by atomic mass is 35.5. The van der Waals surface area contributed by atoms with Gasteiger partial charge in [-0.15, -0.1) is 0 Å². The Bertz CT molecular complexity index is 979. The average molecular weight is 363 g/mol. The fourth-order valence-electron chi connectivity index (χ4n) is 2.16. The second-order valence-corrected chi connectivity index (χ2v) is 7.43. The van der Waals surface area contributed by atoms with Crippen molar-refractivity contribution in [3.63, 3.8) is 0 Å². The molecule has 124 valence electrons. The number of nitrogens with one attached hydrogen (secondary N) is 1. The van der Waals surface area contributed by atoms with Crippen molar-refractivity contribution in [3.05, 3.63) is 65.1 Å². The highest BCUT2D eigenvalue weighted by Crippen LogP contribution is 2.25. The number of oxazole rings is 1. The van der Waals surface area contributed by atoms with E-state index in [0.717, 1.165) is 11.1 Å². The molecule has 3 rings (SSSR count). The van der Waals surface area contributed by atoms with Crippen LogP contribution < -0.4 is 4.72 Å². The molecule has 3 aromatic rings. The van der Waals surface area contributed by atoms with Crippen LogP contribution in [-0.4, -0.2) is 13.4 Å². The molecule has 0 unspecified atom stereocenters. The van der Waals surface area contributed by atoms with Crippen LogP contribution in [0.25, 0.3) is 11.3 Å². The first-order chi connectivity index (χ1) is 11.3. The summed E-state index contributed by atoms with van der Waals surface area (Å²) in [6.07, 6.45) is 1.60. The highest BCUT2D eigenvalue weighted by molar-refractivity contribution is 7.92. The third-order valence-electron chi connectivity index (χ3n) is 3.49. The summed E-state index contributed by atoms with van der Waals surface area (Å²) in [5, 5.41) is 0.506. The molecule has 1 N–H and O–H groups in total. The van der Waals surface area contributed by atoms with E-state index in [1.54, 1.807) is 43.5 Å². The number of aryl methyl sites for hydroxylation is 2. The van der Waals surface area contributed by atoms with Crippen LogP contribution >= 0.6 is 11.6 Å². The molecule has 7 heteroatoms. The van der Waals surface area contributed by atoms with Gasteiger partial charge in [0.15, 0.2) is 11.7 Å². The van der Waals surface area contributed by atoms with Gasteiger partial charge in [0.05, 0.1) is 16.8 Å². The number of benzene rings is 2. The largest absolute Gasteiger partial charge is 0.441 e. The maximum atomic E-state index is 12.5. The highest BCUT2D eigenvalue weighted by Gasteiger charge is 2.15. The van der Waals surface area contributed by atoms with Crippen molar-refractivity contribution in [1.82, 2.24) is 4.98 Å². The van der Waals surface area contributed by atoms with Crippen LogP contribution in [0, 0.1) is 13.8 Å². The first-order valence-corrected chi connectivity index (χ1v) is 9.03. The zero-order valence-corrected chi connectivity index (χ0v) is 14.6. The van der Waals surface area contributed by atoms with E-state index in [9.17, 15) is 8.42 Å². The Morgan fingerprint density at radius 2 is 1.79 bits per heavy atom. The second-order valence-electron chi connectivity index (χ2n) is 5.34. The summed E-state index contributed by atoms with van der Waals surface area (Å²) in [6, 6.07) is 11.4. The van der Waals surface area contributed by atoms with Crippen molar-refractivity contribution in [2.75, 3.05) is 4.72 Å². The molecule has 24 heavy (non-hydrogen) atoms.